The van der Waals surface area contributed by atoms with Gasteiger partial charge < -0.3 is 24.1 Å². The van der Waals surface area contributed by atoms with Gasteiger partial charge in [-0.25, -0.2) is 0 Å². The van der Waals surface area contributed by atoms with Crippen LogP contribution in [0, 0.1) is 13.0 Å². The maximum Gasteiger partial charge on any atom is 1.00 e. The van der Waals surface area contributed by atoms with E-state index in [1.54, 1.807) is 6.07 Å². The van der Waals surface area contributed by atoms with Crippen LogP contribution in [-0.2, 0) is 18.9 Å². The third kappa shape index (κ3) is 4.78. The molecule has 6 nitrogen and oxygen atoms in total. The molecule has 2 fully saturated rings. The molecule has 3 heterocycles. The quantitative estimate of drug-likeness (QED) is 0.501. The van der Waals surface area contributed by atoms with E-state index >= 15 is 0 Å². The monoisotopic (exact) mass is 425 g/mol. The first-order valence-corrected chi connectivity index (χ1v) is 10.4. The van der Waals surface area contributed by atoms with Crippen LogP contribution in [0.5, 0.6) is 0 Å². The van der Waals surface area contributed by atoms with E-state index in [9.17, 15) is 5.11 Å². The SMILES string of the molecule is Cc1cccc([C-](O)[C@@H]2OC(c3ccccc3)O[C@@H]3COC(c4ccccc4)O[C@H]32)n1.[Li+]. The second-order valence-electron chi connectivity index (χ2n) is 7.70. The molecule has 1 aromatic heterocycles. The fourth-order valence-corrected chi connectivity index (χ4v) is 3.93. The zero-order valence-corrected chi connectivity index (χ0v) is 18.1. The molecule has 5 rings (SSSR count). The van der Waals surface area contributed by atoms with E-state index in [1.807, 2.05) is 79.7 Å². The van der Waals surface area contributed by atoms with Crippen molar-refractivity contribution >= 4 is 0 Å². The molecule has 0 bridgehead atoms. The molecule has 5 atom stereocenters. The number of nitrogens with zero attached hydrogens (tertiary/aromatic N) is 1. The molecule has 2 aliphatic heterocycles. The topological polar surface area (TPSA) is 70.0 Å². The van der Waals surface area contributed by atoms with Crippen molar-refractivity contribution in [3.05, 3.63) is 107 Å². The van der Waals surface area contributed by atoms with Gasteiger partial charge in [0, 0.05) is 16.8 Å². The Morgan fingerprint density at radius 3 is 2.12 bits per heavy atom. The van der Waals surface area contributed by atoms with E-state index in [1.165, 1.54) is 0 Å². The Labute approximate surface area is 199 Å². The summed E-state index contributed by atoms with van der Waals surface area (Å²) in [5, 5.41) is 11.2. The van der Waals surface area contributed by atoms with Crippen LogP contribution in [0.15, 0.2) is 78.9 Å². The van der Waals surface area contributed by atoms with Crippen LogP contribution < -0.4 is 18.9 Å². The molecule has 2 saturated heterocycles. The number of hydrogen-bond donors (Lipinski definition) is 1. The Hall–Kier alpha value is -2.14. The molecule has 2 unspecified atom stereocenters. The zero-order valence-electron chi connectivity index (χ0n) is 18.1. The fraction of sp³-hybridized carbons (Fsp3) is 0.280. The van der Waals surface area contributed by atoms with Gasteiger partial charge in [-0.3, -0.25) is 4.98 Å². The van der Waals surface area contributed by atoms with E-state index in [4.69, 9.17) is 18.9 Å². The summed E-state index contributed by atoms with van der Waals surface area (Å²) in [6.07, 6.45) is -2.91. The van der Waals surface area contributed by atoms with E-state index < -0.39 is 30.9 Å². The predicted molar refractivity (Wildman–Crippen MR) is 112 cm³/mol. The average Bonchev–Trinajstić information content (AvgIpc) is 2.83. The molecule has 160 valence electrons. The smallest absolute Gasteiger partial charge is 0.450 e. The van der Waals surface area contributed by atoms with Gasteiger partial charge in [0.1, 0.15) is 12.2 Å². The number of aromatic nitrogens is 1. The van der Waals surface area contributed by atoms with E-state index in [0.717, 1.165) is 16.8 Å². The van der Waals surface area contributed by atoms with Crippen LogP contribution >= 0.6 is 0 Å². The fourth-order valence-electron chi connectivity index (χ4n) is 3.93. The summed E-state index contributed by atoms with van der Waals surface area (Å²) < 4.78 is 24.7. The molecule has 2 aliphatic rings. The summed E-state index contributed by atoms with van der Waals surface area (Å²) in [4.78, 5) is 4.47. The summed E-state index contributed by atoms with van der Waals surface area (Å²) in [7, 11) is 0. The largest absolute Gasteiger partial charge is 1.00 e. The number of aryl methyl sites for hydroxylation is 1. The Morgan fingerprint density at radius 2 is 1.47 bits per heavy atom. The predicted octanol–water partition coefficient (Wildman–Crippen LogP) is 1.24. The van der Waals surface area contributed by atoms with Gasteiger partial charge in [-0.05, 0) is 13.0 Å². The molecule has 0 saturated carbocycles. The molecule has 1 N–H and O–H groups in total. The summed E-state index contributed by atoms with van der Waals surface area (Å²) in [6.45, 7) is 2.20. The van der Waals surface area contributed by atoms with E-state index in [-0.39, 0.29) is 25.0 Å². The van der Waals surface area contributed by atoms with Crippen molar-refractivity contribution < 1.29 is 42.9 Å². The normalized spacial score (nSPS) is 27.1. The van der Waals surface area contributed by atoms with E-state index in [2.05, 4.69) is 4.98 Å². The van der Waals surface area contributed by atoms with Crippen molar-refractivity contribution in [1.29, 1.82) is 0 Å². The van der Waals surface area contributed by atoms with Crippen LogP contribution in [0.25, 0.3) is 0 Å². The summed E-state index contributed by atoms with van der Waals surface area (Å²) >= 11 is 0. The van der Waals surface area contributed by atoms with Gasteiger partial charge in [0.15, 0.2) is 12.6 Å². The van der Waals surface area contributed by atoms with Gasteiger partial charge in [0.2, 0.25) is 0 Å². The zero-order chi connectivity index (χ0) is 21.2. The molecule has 32 heavy (non-hydrogen) atoms. The first kappa shape index (κ1) is 23.0. The van der Waals surface area contributed by atoms with Crippen molar-refractivity contribution in [3.8, 4) is 0 Å². The maximum absolute atomic E-state index is 11.2. The standard InChI is InChI=1S/C25H24NO5.Li/c1-16-9-8-14-19(26-16)21(27)23-22-20(29-25(31-23)18-12-6-3-7-13-18)15-28-24(30-22)17-10-4-2-5-11-17;/h2-14,20,22-25,27H,15H2,1H3;/q-1;+1/t20-,22-,23+,24?,25?;/m1./s1. The molecule has 0 spiro atoms. The van der Waals surface area contributed by atoms with Crippen molar-refractivity contribution in [3.63, 3.8) is 0 Å². The van der Waals surface area contributed by atoms with Crippen LogP contribution in [0.4, 0.5) is 0 Å². The molecule has 0 radical (unpaired) electrons. The molecular weight excluding hydrogens is 401 g/mol. The third-order valence-corrected chi connectivity index (χ3v) is 5.49. The van der Waals surface area contributed by atoms with Gasteiger partial charge >= 0.3 is 18.9 Å². The van der Waals surface area contributed by atoms with Gasteiger partial charge in [-0.15, -0.1) is 6.07 Å². The minimum atomic E-state index is -0.756. The van der Waals surface area contributed by atoms with Crippen molar-refractivity contribution in [1.82, 2.24) is 4.98 Å². The third-order valence-electron chi connectivity index (χ3n) is 5.49. The summed E-state index contributed by atoms with van der Waals surface area (Å²) in [5.74, 6) is 0. The minimum absolute atomic E-state index is 0. The second-order valence-corrected chi connectivity index (χ2v) is 7.70. The van der Waals surface area contributed by atoms with Gasteiger partial charge in [-0.1, -0.05) is 72.4 Å². The number of hydrogen-bond acceptors (Lipinski definition) is 6. The summed E-state index contributed by atoms with van der Waals surface area (Å²) in [6, 6.07) is 24.9. The van der Waals surface area contributed by atoms with Crippen LogP contribution in [-0.4, -0.2) is 35.0 Å². The minimum Gasteiger partial charge on any atom is -0.450 e. The molecule has 7 heteroatoms. The van der Waals surface area contributed by atoms with Crippen molar-refractivity contribution in [2.45, 2.75) is 37.8 Å². The van der Waals surface area contributed by atoms with Crippen LogP contribution in [0.2, 0.25) is 0 Å². The first-order chi connectivity index (χ1) is 15.2. The van der Waals surface area contributed by atoms with Crippen LogP contribution in [0.1, 0.15) is 35.1 Å². The molecule has 0 aliphatic carbocycles. The number of benzene rings is 2. The number of aliphatic hydroxyl groups is 1. The Kier molecular flexibility index (Phi) is 7.34. The summed E-state index contributed by atoms with van der Waals surface area (Å²) in [5.41, 5.74) is 3.03. The first-order valence-electron chi connectivity index (χ1n) is 10.4. The molecule has 3 aromatic rings. The average molecular weight is 425 g/mol. The van der Waals surface area contributed by atoms with Gasteiger partial charge in [-0.2, -0.15) is 6.07 Å². The van der Waals surface area contributed by atoms with Crippen LogP contribution in [0.3, 0.4) is 0 Å². The van der Waals surface area contributed by atoms with Crippen molar-refractivity contribution in [2.24, 2.45) is 0 Å². The molecule has 2 aromatic carbocycles. The van der Waals surface area contributed by atoms with E-state index in [0.29, 0.717) is 12.3 Å². The Bertz CT molecular complexity index is 1010. The number of ether oxygens (including phenoxy) is 4. The van der Waals surface area contributed by atoms with Gasteiger partial charge in [0.25, 0.3) is 0 Å². The number of aliphatic hydroxyl groups excluding tert-OH is 1. The maximum atomic E-state index is 11.2. The number of rotatable bonds is 4. The Balaban J connectivity index is 0.00000245. The molecular formula is C25H24LiNO5. The molecule has 0 amide bonds. The number of pyridine rings is 1. The van der Waals surface area contributed by atoms with Gasteiger partial charge in [0.05, 0.1) is 12.7 Å². The number of fused-ring (bicyclic) bond motifs is 1. The second kappa shape index (κ2) is 10.2. The Morgan fingerprint density at radius 1 is 0.812 bits per heavy atom. The van der Waals surface area contributed by atoms with Crippen molar-refractivity contribution in [2.75, 3.05) is 6.61 Å².